The van der Waals surface area contributed by atoms with Crippen molar-refractivity contribution < 1.29 is 0 Å². The van der Waals surface area contributed by atoms with E-state index in [-0.39, 0.29) is 0 Å². The van der Waals surface area contributed by atoms with E-state index in [4.69, 9.17) is 0 Å². The van der Waals surface area contributed by atoms with Crippen molar-refractivity contribution >= 4 is 22.6 Å². The Morgan fingerprint density at radius 3 is 2.71 bits per heavy atom. The monoisotopic (exact) mass is 298 g/mol. The summed E-state index contributed by atoms with van der Waals surface area (Å²) in [6, 6.07) is 8.69. The Hall–Kier alpha value is -0.310. The molecule has 1 heteroatoms. The van der Waals surface area contributed by atoms with E-state index in [1.54, 1.807) is 5.57 Å². The van der Waals surface area contributed by atoms with Crippen LogP contribution in [0.3, 0.4) is 0 Å². The first kappa shape index (κ1) is 10.2. The molecule has 0 N–H and O–H groups in total. The molecule has 0 bridgehead atoms. The van der Waals surface area contributed by atoms with Crippen molar-refractivity contribution in [2.24, 2.45) is 0 Å². The van der Waals surface area contributed by atoms with Crippen LogP contribution >= 0.6 is 22.6 Å². The molecule has 74 valence electrons. The molecule has 0 atom stereocenters. The molecule has 0 nitrogen and oxygen atoms in total. The van der Waals surface area contributed by atoms with E-state index < -0.39 is 0 Å². The van der Waals surface area contributed by atoms with Crippen LogP contribution in [0.1, 0.15) is 31.2 Å². The summed E-state index contributed by atoms with van der Waals surface area (Å²) in [6.07, 6.45) is 8.97. The van der Waals surface area contributed by atoms with Gasteiger partial charge in [0.1, 0.15) is 0 Å². The minimum Gasteiger partial charge on any atom is -0.0850 e. The van der Waals surface area contributed by atoms with Crippen LogP contribution in [0.2, 0.25) is 0 Å². The largest absolute Gasteiger partial charge is 0.0850 e. The van der Waals surface area contributed by atoms with Gasteiger partial charge < -0.3 is 0 Å². The molecule has 0 saturated heterocycles. The number of hydrogen-bond acceptors (Lipinski definition) is 0. The minimum absolute atomic E-state index is 1.17. The van der Waals surface area contributed by atoms with Gasteiger partial charge in [0.25, 0.3) is 0 Å². The summed E-state index contributed by atoms with van der Waals surface area (Å²) in [5.74, 6) is 0. The lowest BCUT2D eigenvalue weighted by Crippen LogP contribution is -1.97. The maximum Gasteiger partial charge on any atom is 0.0165 e. The standard InChI is InChI=1S/C13H15I/c14-13-9-5-4-8-12(13)10-11-6-2-1-3-7-11/h4-6,8-9H,1-3,7,10H2. The quantitative estimate of drug-likeness (QED) is 0.563. The third-order valence-electron chi connectivity index (χ3n) is 2.76. The second-order valence-electron chi connectivity index (χ2n) is 3.88. The van der Waals surface area contributed by atoms with E-state index >= 15 is 0 Å². The highest BCUT2D eigenvalue weighted by molar-refractivity contribution is 14.1. The maximum atomic E-state index is 2.44. The molecule has 14 heavy (non-hydrogen) atoms. The van der Waals surface area contributed by atoms with Gasteiger partial charge in [-0.05, 0) is 66.3 Å². The van der Waals surface area contributed by atoms with E-state index in [2.05, 4.69) is 52.9 Å². The van der Waals surface area contributed by atoms with Gasteiger partial charge >= 0.3 is 0 Å². The molecule has 0 unspecified atom stereocenters. The summed E-state index contributed by atoms with van der Waals surface area (Å²) in [4.78, 5) is 0. The molecule has 1 aromatic carbocycles. The summed E-state index contributed by atoms with van der Waals surface area (Å²) in [5.41, 5.74) is 3.13. The fourth-order valence-electron chi connectivity index (χ4n) is 1.95. The molecule has 0 fully saturated rings. The van der Waals surface area contributed by atoms with Gasteiger partial charge in [0.15, 0.2) is 0 Å². The highest BCUT2D eigenvalue weighted by Gasteiger charge is 2.06. The van der Waals surface area contributed by atoms with Crippen LogP contribution in [0.4, 0.5) is 0 Å². The number of halogens is 1. The van der Waals surface area contributed by atoms with Crippen LogP contribution in [-0.4, -0.2) is 0 Å². The molecule has 0 spiro atoms. The van der Waals surface area contributed by atoms with Crippen LogP contribution < -0.4 is 0 Å². The SMILES string of the molecule is Ic1ccccc1CC1=CCCCC1. The first-order chi connectivity index (χ1) is 6.86. The van der Waals surface area contributed by atoms with Gasteiger partial charge in [-0.3, -0.25) is 0 Å². The lowest BCUT2D eigenvalue weighted by atomic mass is 9.94. The molecular weight excluding hydrogens is 283 g/mol. The number of hydrogen-bond donors (Lipinski definition) is 0. The van der Waals surface area contributed by atoms with E-state index in [1.807, 2.05) is 0 Å². The van der Waals surface area contributed by atoms with Gasteiger partial charge in [-0.1, -0.05) is 29.8 Å². The molecule has 1 aliphatic carbocycles. The average Bonchev–Trinajstić information content (AvgIpc) is 2.23. The van der Waals surface area contributed by atoms with Crippen molar-refractivity contribution in [3.63, 3.8) is 0 Å². The van der Waals surface area contributed by atoms with Gasteiger partial charge in [-0.15, -0.1) is 0 Å². The summed E-state index contributed by atoms with van der Waals surface area (Å²) >= 11 is 2.43. The van der Waals surface area contributed by atoms with Crippen molar-refractivity contribution in [2.45, 2.75) is 32.1 Å². The van der Waals surface area contributed by atoms with Crippen molar-refractivity contribution in [3.05, 3.63) is 45.0 Å². The van der Waals surface area contributed by atoms with Gasteiger partial charge in [0, 0.05) is 3.57 Å². The van der Waals surface area contributed by atoms with E-state index in [0.29, 0.717) is 0 Å². The first-order valence-electron chi connectivity index (χ1n) is 5.27. The second kappa shape index (κ2) is 4.96. The molecule has 0 radical (unpaired) electrons. The van der Waals surface area contributed by atoms with Crippen molar-refractivity contribution in [2.75, 3.05) is 0 Å². The third-order valence-corrected chi connectivity index (χ3v) is 3.81. The van der Waals surface area contributed by atoms with Gasteiger partial charge in [0.2, 0.25) is 0 Å². The Kier molecular flexibility index (Phi) is 3.62. The fraction of sp³-hybridized carbons (Fsp3) is 0.385. The molecular formula is C13H15I. The molecule has 0 aromatic heterocycles. The summed E-state index contributed by atoms with van der Waals surface area (Å²) in [5, 5.41) is 0. The van der Waals surface area contributed by atoms with Gasteiger partial charge in [-0.2, -0.15) is 0 Å². The Balaban J connectivity index is 2.10. The van der Waals surface area contributed by atoms with Gasteiger partial charge in [-0.25, -0.2) is 0 Å². The summed E-state index contributed by atoms with van der Waals surface area (Å²) in [6.45, 7) is 0. The normalized spacial score (nSPS) is 16.5. The molecule has 0 aliphatic heterocycles. The number of benzene rings is 1. The highest BCUT2D eigenvalue weighted by Crippen LogP contribution is 2.23. The van der Waals surface area contributed by atoms with E-state index in [0.717, 1.165) is 0 Å². The highest BCUT2D eigenvalue weighted by atomic mass is 127. The van der Waals surface area contributed by atoms with E-state index in [9.17, 15) is 0 Å². The summed E-state index contributed by atoms with van der Waals surface area (Å²) in [7, 11) is 0. The smallest absolute Gasteiger partial charge is 0.0165 e. The lowest BCUT2D eigenvalue weighted by Gasteiger charge is -2.13. The maximum absolute atomic E-state index is 2.44. The molecule has 0 heterocycles. The lowest BCUT2D eigenvalue weighted by molar-refractivity contribution is 0.688. The van der Waals surface area contributed by atoms with Crippen molar-refractivity contribution in [1.29, 1.82) is 0 Å². The van der Waals surface area contributed by atoms with Crippen molar-refractivity contribution in [3.8, 4) is 0 Å². The van der Waals surface area contributed by atoms with Crippen molar-refractivity contribution in [1.82, 2.24) is 0 Å². The Labute approximate surface area is 99.6 Å². The molecule has 0 amide bonds. The van der Waals surface area contributed by atoms with Crippen LogP contribution in [0, 0.1) is 3.57 Å². The van der Waals surface area contributed by atoms with Gasteiger partial charge in [0.05, 0.1) is 0 Å². The Bertz CT molecular complexity index is 339. The van der Waals surface area contributed by atoms with Crippen LogP contribution in [-0.2, 0) is 6.42 Å². The zero-order valence-electron chi connectivity index (χ0n) is 8.30. The minimum atomic E-state index is 1.17. The fourth-order valence-corrected chi connectivity index (χ4v) is 2.53. The summed E-state index contributed by atoms with van der Waals surface area (Å²) < 4.78 is 1.40. The second-order valence-corrected chi connectivity index (χ2v) is 5.04. The zero-order valence-corrected chi connectivity index (χ0v) is 10.5. The Morgan fingerprint density at radius 2 is 2.00 bits per heavy atom. The predicted molar refractivity (Wildman–Crippen MR) is 69.4 cm³/mol. The number of allylic oxidation sites excluding steroid dienone is 2. The molecule has 1 aromatic rings. The topological polar surface area (TPSA) is 0 Å². The van der Waals surface area contributed by atoms with Crippen LogP contribution in [0.25, 0.3) is 0 Å². The van der Waals surface area contributed by atoms with Crippen LogP contribution in [0.15, 0.2) is 35.9 Å². The molecule has 2 rings (SSSR count). The van der Waals surface area contributed by atoms with Crippen LogP contribution in [0.5, 0.6) is 0 Å². The van der Waals surface area contributed by atoms with E-state index in [1.165, 1.54) is 41.2 Å². The Morgan fingerprint density at radius 1 is 1.14 bits per heavy atom. The predicted octanol–water partition coefficient (Wildman–Crippen LogP) is 4.33. The molecule has 0 saturated carbocycles. The average molecular weight is 298 g/mol. The third kappa shape index (κ3) is 2.59. The zero-order chi connectivity index (χ0) is 9.80. The number of rotatable bonds is 2. The first-order valence-corrected chi connectivity index (χ1v) is 6.35. The molecule has 1 aliphatic rings.